The molecule has 0 aliphatic rings. The van der Waals surface area contributed by atoms with E-state index in [0.717, 1.165) is 28.1 Å². The van der Waals surface area contributed by atoms with Crippen molar-refractivity contribution in [1.82, 2.24) is 23.8 Å². The lowest BCUT2D eigenvalue weighted by Gasteiger charge is -2.13. The molecule has 5 nitrogen and oxygen atoms in total. The number of nitrogens with zero attached hydrogens (tertiary/aromatic N) is 5. The summed E-state index contributed by atoms with van der Waals surface area (Å²) in [6.45, 7) is 13.3. The first-order valence-electron chi connectivity index (χ1n) is 13.2. The van der Waals surface area contributed by atoms with Gasteiger partial charge in [0.25, 0.3) is 0 Å². The Labute approximate surface area is 217 Å². The SMILES string of the molecule is CC(C)c1ccnc2cc(-c3cc(C(C)C)c4nc(-c5ccn6c(C(C)C)cnc6c5)cn4c3)ccc12. The van der Waals surface area contributed by atoms with Crippen molar-refractivity contribution >= 4 is 22.2 Å². The Balaban J connectivity index is 1.47. The summed E-state index contributed by atoms with van der Waals surface area (Å²) in [4.78, 5) is 14.4. The monoisotopic (exact) mass is 487 g/mol. The molecule has 0 N–H and O–H groups in total. The third-order valence-electron chi connectivity index (χ3n) is 7.36. The summed E-state index contributed by atoms with van der Waals surface area (Å²) < 4.78 is 4.34. The molecule has 0 saturated carbocycles. The summed E-state index contributed by atoms with van der Waals surface area (Å²) in [5.41, 5.74) is 11.1. The van der Waals surface area contributed by atoms with E-state index in [1.807, 2.05) is 12.4 Å². The van der Waals surface area contributed by atoms with Crippen molar-refractivity contribution in [2.75, 3.05) is 0 Å². The second-order valence-corrected chi connectivity index (χ2v) is 11.0. The maximum atomic E-state index is 5.08. The Morgan fingerprint density at radius 3 is 2.27 bits per heavy atom. The van der Waals surface area contributed by atoms with Crippen molar-refractivity contribution in [1.29, 1.82) is 0 Å². The molecule has 0 saturated heterocycles. The van der Waals surface area contributed by atoms with E-state index in [1.165, 1.54) is 33.3 Å². The number of hydrogen-bond donors (Lipinski definition) is 0. The van der Waals surface area contributed by atoms with E-state index in [9.17, 15) is 0 Å². The summed E-state index contributed by atoms with van der Waals surface area (Å²) >= 11 is 0. The average molecular weight is 488 g/mol. The molecule has 0 aliphatic heterocycles. The molecule has 186 valence electrons. The van der Waals surface area contributed by atoms with Gasteiger partial charge in [-0.2, -0.15) is 0 Å². The molecule has 6 rings (SSSR count). The van der Waals surface area contributed by atoms with Crippen LogP contribution in [0.2, 0.25) is 0 Å². The number of benzene rings is 1. The zero-order valence-electron chi connectivity index (χ0n) is 22.4. The van der Waals surface area contributed by atoms with E-state index >= 15 is 0 Å². The number of hydrogen-bond acceptors (Lipinski definition) is 3. The molecular formula is C32H33N5. The molecule has 0 bridgehead atoms. The number of aromatic nitrogens is 5. The Morgan fingerprint density at radius 1 is 0.703 bits per heavy atom. The van der Waals surface area contributed by atoms with E-state index in [-0.39, 0.29) is 0 Å². The van der Waals surface area contributed by atoms with Crippen LogP contribution < -0.4 is 0 Å². The third kappa shape index (κ3) is 3.99. The molecule has 5 aromatic heterocycles. The van der Waals surface area contributed by atoms with Crippen molar-refractivity contribution in [2.45, 2.75) is 59.3 Å². The van der Waals surface area contributed by atoms with Gasteiger partial charge in [-0.1, -0.05) is 53.7 Å². The van der Waals surface area contributed by atoms with Crippen LogP contribution in [0, 0.1) is 0 Å². The Kier molecular flexibility index (Phi) is 5.59. The van der Waals surface area contributed by atoms with Crippen molar-refractivity contribution < 1.29 is 0 Å². The molecule has 0 spiro atoms. The normalized spacial score (nSPS) is 12.2. The minimum Gasteiger partial charge on any atom is -0.306 e. The second kappa shape index (κ2) is 8.84. The van der Waals surface area contributed by atoms with Gasteiger partial charge in [0.05, 0.1) is 11.2 Å². The van der Waals surface area contributed by atoms with Gasteiger partial charge in [0, 0.05) is 47.6 Å². The summed E-state index contributed by atoms with van der Waals surface area (Å²) in [7, 11) is 0. The lowest BCUT2D eigenvalue weighted by atomic mass is 9.95. The van der Waals surface area contributed by atoms with E-state index in [0.29, 0.717) is 17.8 Å². The van der Waals surface area contributed by atoms with Crippen LogP contribution in [0.15, 0.2) is 73.4 Å². The summed E-state index contributed by atoms with van der Waals surface area (Å²) in [5, 5.41) is 1.23. The van der Waals surface area contributed by atoms with Gasteiger partial charge in [-0.05, 0) is 70.3 Å². The molecular weight excluding hydrogens is 454 g/mol. The fraction of sp³-hybridized carbons (Fsp3) is 0.281. The van der Waals surface area contributed by atoms with Crippen LogP contribution in [0.1, 0.15) is 76.1 Å². The van der Waals surface area contributed by atoms with Crippen LogP contribution in [0.3, 0.4) is 0 Å². The molecule has 0 amide bonds. The third-order valence-corrected chi connectivity index (χ3v) is 7.36. The maximum Gasteiger partial charge on any atom is 0.140 e. The molecule has 0 radical (unpaired) electrons. The first kappa shape index (κ1) is 23.4. The lowest BCUT2D eigenvalue weighted by molar-refractivity contribution is 0.809. The topological polar surface area (TPSA) is 47.5 Å². The maximum absolute atomic E-state index is 5.08. The number of pyridine rings is 3. The molecule has 5 heteroatoms. The van der Waals surface area contributed by atoms with Crippen molar-refractivity contribution in [3.8, 4) is 22.4 Å². The predicted octanol–water partition coefficient (Wildman–Crippen LogP) is 8.23. The van der Waals surface area contributed by atoms with Gasteiger partial charge in [0.1, 0.15) is 11.3 Å². The average Bonchev–Trinajstić information content (AvgIpc) is 3.51. The Morgan fingerprint density at radius 2 is 1.51 bits per heavy atom. The molecule has 0 fully saturated rings. The van der Waals surface area contributed by atoms with Crippen molar-refractivity contribution in [2.24, 2.45) is 0 Å². The fourth-order valence-electron chi connectivity index (χ4n) is 5.29. The van der Waals surface area contributed by atoms with Crippen molar-refractivity contribution in [3.05, 3.63) is 90.3 Å². The minimum absolute atomic E-state index is 0.340. The Bertz CT molecular complexity index is 1770. The highest BCUT2D eigenvalue weighted by atomic mass is 15.0. The predicted molar refractivity (Wildman–Crippen MR) is 152 cm³/mol. The lowest BCUT2D eigenvalue weighted by Crippen LogP contribution is -1.97. The van der Waals surface area contributed by atoms with E-state index < -0.39 is 0 Å². The molecule has 1 aromatic carbocycles. The highest BCUT2D eigenvalue weighted by molar-refractivity contribution is 5.87. The van der Waals surface area contributed by atoms with Crippen molar-refractivity contribution in [3.63, 3.8) is 0 Å². The van der Waals surface area contributed by atoms with Crippen LogP contribution in [0.25, 0.3) is 44.6 Å². The van der Waals surface area contributed by atoms with Crippen LogP contribution in [-0.4, -0.2) is 23.8 Å². The van der Waals surface area contributed by atoms with E-state index in [1.54, 1.807) is 0 Å². The first-order chi connectivity index (χ1) is 17.8. The van der Waals surface area contributed by atoms with Crippen LogP contribution in [0.5, 0.6) is 0 Å². The van der Waals surface area contributed by atoms with Gasteiger partial charge in [0.15, 0.2) is 0 Å². The number of fused-ring (bicyclic) bond motifs is 3. The quantitative estimate of drug-likeness (QED) is 0.246. The van der Waals surface area contributed by atoms with Gasteiger partial charge in [0.2, 0.25) is 0 Å². The largest absolute Gasteiger partial charge is 0.306 e. The fourth-order valence-corrected chi connectivity index (χ4v) is 5.29. The van der Waals surface area contributed by atoms with E-state index in [2.05, 4.69) is 121 Å². The smallest absolute Gasteiger partial charge is 0.140 e. The highest BCUT2D eigenvalue weighted by Crippen LogP contribution is 2.33. The van der Waals surface area contributed by atoms with Crippen LogP contribution in [0.4, 0.5) is 0 Å². The summed E-state index contributed by atoms with van der Waals surface area (Å²) in [5.74, 6) is 1.22. The summed E-state index contributed by atoms with van der Waals surface area (Å²) in [6.07, 6.45) is 10.3. The zero-order chi connectivity index (χ0) is 25.8. The Hall–Kier alpha value is -3.99. The number of rotatable bonds is 5. The summed E-state index contributed by atoms with van der Waals surface area (Å²) in [6, 6.07) is 15.3. The van der Waals surface area contributed by atoms with Gasteiger partial charge < -0.3 is 8.80 Å². The number of imidazole rings is 2. The molecule has 0 unspecified atom stereocenters. The van der Waals surface area contributed by atoms with Gasteiger partial charge in [-0.3, -0.25) is 4.98 Å². The van der Waals surface area contributed by atoms with Gasteiger partial charge in [-0.15, -0.1) is 0 Å². The standard InChI is InChI=1S/C32H33N5/c1-19(2)25-9-11-33-28-14-22(7-8-26(25)28)24-13-27(20(3)4)32-35-29(18-36(32)17-24)23-10-12-37-30(21(5)6)16-34-31(37)15-23/h7-21H,1-6H3. The molecule has 37 heavy (non-hydrogen) atoms. The van der Waals surface area contributed by atoms with Crippen LogP contribution >= 0.6 is 0 Å². The first-order valence-corrected chi connectivity index (χ1v) is 13.2. The van der Waals surface area contributed by atoms with Gasteiger partial charge >= 0.3 is 0 Å². The molecule has 5 heterocycles. The second-order valence-electron chi connectivity index (χ2n) is 11.0. The van der Waals surface area contributed by atoms with E-state index in [4.69, 9.17) is 4.98 Å². The molecule has 6 aromatic rings. The molecule has 0 atom stereocenters. The van der Waals surface area contributed by atoms with Gasteiger partial charge in [-0.25, -0.2) is 9.97 Å². The minimum atomic E-state index is 0.340. The zero-order valence-corrected chi connectivity index (χ0v) is 22.4. The highest BCUT2D eigenvalue weighted by Gasteiger charge is 2.16. The van der Waals surface area contributed by atoms with Crippen LogP contribution in [-0.2, 0) is 0 Å². The molecule has 0 aliphatic carbocycles.